The molecule has 0 unspecified atom stereocenters. The van der Waals surface area contributed by atoms with Gasteiger partial charge >= 0.3 is 0 Å². The van der Waals surface area contributed by atoms with E-state index in [2.05, 4.69) is 22.0 Å². The number of hydrogen-bond acceptors (Lipinski definition) is 3. The number of benzene rings is 3. The molecule has 0 aliphatic carbocycles. The van der Waals surface area contributed by atoms with E-state index < -0.39 is 10.0 Å². The number of fused-ring (bicyclic) bond motifs is 1. The lowest BCUT2D eigenvalue weighted by atomic mass is 10.00. The van der Waals surface area contributed by atoms with Gasteiger partial charge in [0.1, 0.15) is 0 Å². The second-order valence-electron chi connectivity index (χ2n) is 7.69. The zero-order valence-electron chi connectivity index (χ0n) is 17.2. The molecule has 0 aromatic heterocycles. The van der Waals surface area contributed by atoms with Gasteiger partial charge in [-0.25, -0.2) is 8.42 Å². The number of nitrogens with zero attached hydrogens (tertiary/aromatic N) is 2. The van der Waals surface area contributed by atoms with Gasteiger partial charge in [0.25, 0.3) is 0 Å². The van der Waals surface area contributed by atoms with Crippen molar-refractivity contribution in [3.8, 4) is 0 Å². The standard InChI is InChI=1S/C24H22BrClN2O3S/c25-21-7-11-23(12-8-21)32(30,31)28(15-18-5-9-22(26)10-6-18)17-24(29)27-14-13-19-3-1-2-4-20(19)16-27/h1-12H,13-17H2. The van der Waals surface area contributed by atoms with Crippen molar-refractivity contribution >= 4 is 43.5 Å². The molecule has 0 atom stereocenters. The van der Waals surface area contributed by atoms with Gasteiger partial charge in [0.2, 0.25) is 15.9 Å². The second-order valence-corrected chi connectivity index (χ2v) is 11.0. The van der Waals surface area contributed by atoms with Crippen molar-refractivity contribution in [1.82, 2.24) is 9.21 Å². The lowest BCUT2D eigenvalue weighted by Gasteiger charge is -2.31. The molecule has 0 radical (unpaired) electrons. The molecule has 0 N–H and O–H groups in total. The van der Waals surface area contributed by atoms with Crippen molar-refractivity contribution in [3.63, 3.8) is 0 Å². The second kappa shape index (κ2) is 9.75. The van der Waals surface area contributed by atoms with E-state index >= 15 is 0 Å². The number of carbonyl (C=O) groups excluding carboxylic acids is 1. The molecule has 0 spiro atoms. The van der Waals surface area contributed by atoms with Crippen molar-refractivity contribution in [2.75, 3.05) is 13.1 Å². The number of hydrogen-bond donors (Lipinski definition) is 0. The maximum Gasteiger partial charge on any atom is 0.243 e. The molecule has 1 amide bonds. The van der Waals surface area contributed by atoms with E-state index in [-0.39, 0.29) is 23.9 Å². The van der Waals surface area contributed by atoms with Gasteiger partial charge in [-0.2, -0.15) is 4.31 Å². The number of amides is 1. The lowest BCUT2D eigenvalue weighted by Crippen LogP contribution is -2.44. The molecule has 3 aromatic carbocycles. The van der Waals surface area contributed by atoms with Crippen LogP contribution in [0.25, 0.3) is 0 Å². The van der Waals surface area contributed by atoms with Crippen molar-refractivity contribution in [2.45, 2.75) is 24.4 Å². The first-order chi connectivity index (χ1) is 15.3. The van der Waals surface area contributed by atoms with Crippen LogP contribution in [0.15, 0.2) is 82.2 Å². The molecule has 1 heterocycles. The fourth-order valence-corrected chi connectivity index (χ4v) is 5.50. The van der Waals surface area contributed by atoms with E-state index in [0.29, 0.717) is 18.1 Å². The average Bonchev–Trinajstić information content (AvgIpc) is 2.80. The smallest absolute Gasteiger partial charge is 0.243 e. The van der Waals surface area contributed by atoms with E-state index in [4.69, 9.17) is 11.6 Å². The van der Waals surface area contributed by atoms with Crippen LogP contribution in [-0.4, -0.2) is 36.6 Å². The van der Waals surface area contributed by atoms with Crippen LogP contribution >= 0.6 is 27.5 Å². The fraction of sp³-hybridized carbons (Fsp3) is 0.208. The minimum absolute atomic E-state index is 0.0751. The lowest BCUT2D eigenvalue weighted by molar-refractivity contribution is -0.132. The third-order valence-corrected chi connectivity index (χ3v) is 8.11. The summed E-state index contributed by atoms with van der Waals surface area (Å²) in [5.41, 5.74) is 3.09. The fourth-order valence-electron chi connectivity index (χ4n) is 3.73. The molecule has 1 aliphatic rings. The minimum Gasteiger partial charge on any atom is -0.337 e. The average molecular weight is 534 g/mol. The predicted octanol–water partition coefficient (Wildman–Crippen LogP) is 4.88. The normalized spacial score (nSPS) is 13.8. The van der Waals surface area contributed by atoms with E-state index in [1.165, 1.54) is 22.0 Å². The van der Waals surface area contributed by atoms with Gasteiger partial charge in [-0.15, -0.1) is 0 Å². The summed E-state index contributed by atoms with van der Waals surface area (Å²) >= 11 is 9.31. The van der Waals surface area contributed by atoms with E-state index in [1.807, 2.05) is 18.2 Å². The Labute approximate surface area is 201 Å². The van der Waals surface area contributed by atoms with Gasteiger partial charge in [0, 0.05) is 29.1 Å². The monoisotopic (exact) mass is 532 g/mol. The largest absolute Gasteiger partial charge is 0.337 e. The van der Waals surface area contributed by atoms with Crippen LogP contribution in [0, 0.1) is 0 Å². The summed E-state index contributed by atoms with van der Waals surface area (Å²) in [6.45, 7) is 0.903. The Kier molecular flexibility index (Phi) is 7.00. The predicted molar refractivity (Wildman–Crippen MR) is 129 cm³/mol. The Morgan fingerprint density at radius 1 is 0.969 bits per heavy atom. The molecule has 5 nitrogen and oxygen atoms in total. The number of carbonyl (C=O) groups is 1. The Hall–Kier alpha value is -2.19. The van der Waals surface area contributed by atoms with Crippen LogP contribution in [0.5, 0.6) is 0 Å². The molecular formula is C24H22BrClN2O3S. The molecule has 0 fully saturated rings. The number of rotatable bonds is 6. The third kappa shape index (κ3) is 5.23. The molecule has 8 heteroatoms. The molecule has 0 saturated carbocycles. The van der Waals surface area contributed by atoms with Crippen LogP contribution in [0.2, 0.25) is 5.02 Å². The Balaban J connectivity index is 1.59. The van der Waals surface area contributed by atoms with Crippen molar-refractivity contribution in [3.05, 3.63) is 99.0 Å². The highest BCUT2D eigenvalue weighted by molar-refractivity contribution is 9.10. The molecule has 4 rings (SSSR count). The van der Waals surface area contributed by atoms with Crippen LogP contribution in [0.3, 0.4) is 0 Å². The van der Waals surface area contributed by atoms with E-state index in [9.17, 15) is 13.2 Å². The topological polar surface area (TPSA) is 57.7 Å². The third-order valence-electron chi connectivity index (χ3n) is 5.52. The van der Waals surface area contributed by atoms with Crippen molar-refractivity contribution in [2.24, 2.45) is 0 Å². The summed E-state index contributed by atoms with van der Waals surface area (Å²) in [5.74, 6) is -0.214. The SMILES string of the molecule is O=C(CN(Cc1ccc(Cl)cc1)S(=O)(=O)c1ccc(Br)cc1)N1CCc2ccccc2C1. The first-order valence-corrected chi connectivity index (χ1v) is 12.8. The Bertz CT molecular complexity index is 1210. The molecule has 32 heavy (non-hydrogen) atoms. The van der Waals surface area contributed by atoms with Gasteiger partial charge in [-0.05, 0) is 59.5 Å². The molecular weight excluding hydrogens is 512 g/mol. The summed E-state index contributed by atoms with van der Waals surface area (Å²) in [5, 5.41) is 0.569. The highest BCUT2D eigenvalue weighted by Crippen LogP contribution is 2.23. The maximum absolute atomic E-state index is 13.4. The Morgan fingerprint density at radius 3 is 2.31 bits per heavy atom. The number of sulfonamides is 1. The van der Waals surface area contributed by atoms with Gasteiger partial charge in [-0.1, -0.05) is 63.9 Å². The van der Waals surface area contributed by atoms with Crippen LogP contribution in [0.4, 0.5) is 0 Å². The molecule has 3 aromatic rings. The van der Waals surface area contributed by atoms with Gasteiger partial charge < -0.3 is 4.90 Å². The van der Waals surface area contributed by atoms with Crippen molar-refractivity contribution < 1.29 is 13.2 Å². The zero-order chi connectivity index (χ0) is 22.7. The summed E-state index contributed by atoms with van der Waals surface area (Å²) in [7, 11) is -3.89. The highest BCUT2D eigenvalue weighted by atomic mass is 79.9. The highest BCUT2D eigenvalue weighted by Gasteiger charge is 2.30. The molecule has 0 bridgehead atoms. The summed E-state index contributed by atoms with van der Waals surface area (Å²) < 4.78 is 28.9. The van der Waals surface area contributed by atoms with Gasteiger partial charge in [-0.3, -0.25) is 4.79 Å². The first kappa shape index (κ1) is 23.0. The molecule has 1 aliphatic heterocycles. The van der Waals surface area contributed by atoms with Gasteiger partial charge in [0.15, 0.2) is 0 Å². The Morgan fingerprint density at radius 2 is 1.62 bits per heavy atom. The summed E-state index contributed by atoms with van der Waals surface area (Å²) in [4.78, 5) is 15.1. The van der Waals surface area contributed by atoms with Crippen LogP contribution in [0.1, 0.15) is 16.7 Å². The van der Waals surface area contributed by atoms with E-state index in [1.54, 1.807) is 41.3 Å². The maximum atomic E-state index is 13.4. The quantitative estimate of drug-likeness (QED) is 0.454. The van der Waals surface area contributed by atoms with E-state index in [0.717, 1.165) is 22.0 Å². The van der Waals surface area contributed by atoms with Crippen LogP contribution < -0.4 is 0 Å². The summed E-state index contributed by atoms with van der Waals surface area (Å²) in [6, 6.07) is 21.4. The van der Waals surface area contributed by atoms with Gasteiger partial charge in [0.05, 0.1) is 11.4 Å². The van der Waals surface area contributed by atoms with Crippen molar-refractivity contribution in [1.29, 1.82) is 0 Å². The zero-order valence-corrected chi connectivity index (χ0v) is 20.4. The minimum atomic E-state index is -3.89. The molecule has 0 saturated heterocycles. The summed E-state index contributed by atoms with van der Waals surface area (Å²) in [6.07, 6.45) is 0.762. The first-order valence-electron chi connectivity index (χ1n) is 10.2. The van der Waals surface area contributed by atoms with Crippen LogP contribution in [-0.2, 0) is 34.3 Å². The number of halogens is 2. The molecule has 166 valence electrons.